The maximum atomic E-state index is 10.6. The van der Waals surface area contributed by atoms with Gasteiger partial charge in [-0.15, -0.1) is 0 Å². The van der Waals surface area contributed by atoms with Crippen molar-refractivity contribution in [3.8, 4) is 0 Å². The number of hydrogen-bond acceptors (Lipinski definition) is 1. The third kappa shape index (κ3) is 5.19. The Labute approximate surface area is 105 Å². The van der Waals surface area contributed by atoms with Gasteiger partial charge in [-0.05, 0) is 30.2 Å². The molecule has 1 aromatic carbocycles. The number of amides is 1. The Morgan fingerprint density at radius 1 is 1.31 bits per heavy atom. The molecule has 0 heterocycles. The van der Waals surface area contributed by atoms with E-state index in [1.807, 2.05) is 24.3 Å². The van der Waals surface area contributed by atoms with Gasteiger partial charge in [0.1, 0.15) is 0 Å². The summed E-state index contributed by atoms with van der Waals surface area (Å²) in [4.78, 5) is 10.6. The zero-order valence-corrected chi connectivity index (χ0v) is 10.5. The van der Waals surface area contributed by atoms with E-state index in [1.165, 1.54) is 6.92 Å². The summed E-state index contributed by atoms with van der Waals surface area (Å²) in [6.07, 6.45) is 4.68. The number of hydrogen-bond donors (Lipinski definition) is 1. The fraction of sp³-hybridized carbons (Fsp3) is 0.250. The molecular formula is C12H13Cl2NO. The van der Waals surface area contributed by atoms with E-state index in [0.29, 0.717) is 16.6 Å². The van der Waals surface area contributed by atoms with Gasteiger partial charge in [0.15, 0.2) is 0 Å². The van der Waals surface area contributed by atoms with E-state index in [1.54, 1.807) is 6.07 Å². The van der Waals surface area contributed by atoms with Crippen LogP contribution in [0.25, 0.3) is 6.08 Å². The van der Waals surface area contributed by atoms with Crippen molar-refractivity contribution in [1.82, 2.24) is 5.32 Å². The lowest BCUT2D eigenvalue weighted by Crippen LogP contribution is -2.20. The van der Waals surface area contributed by atoms with Gasteiger partial charge < -0.3 is 5.32 Å². The van der Waals surface area contributed by atoms with E-state index in [4.69, 9.17) is 23.2 Å². The molecule has 86 valence electrons. The summed E-state index contributed by atoms with van der Waals surface area (Å²) in [5.74, 6) is -0.0146. The molecule has 0 fully saturated rings. The molecule has 16 heavy (non-hydrogen) atoms. The fourth-order valence-corrected chi connectivity index (χ4v) is 1.77. The van der Waals surface area contributed by atoms with Crippen molar-refractivity contribution in [2.24, 2.45) is 0 Å². The molecule has 0 unspecified atom stereocenters. The van der Waals surface area contributed by atoms with Crippen molar-refractivity contribution in [2.75, 3.05) is 6.54 Å². The molecule has 0 aliphatic heterocycles. The van der Waals surface area contributed by atoms with E-state index in [9.17, 15) is 4.79 Å². The van der Waals surface area contributed by atoms with Crippen LogP contribution in [0.15, 0.2) is 24.3 Å². The van der Waals surface area contributed by atoms with Gasteiger partial charge in [0, 0.05) is 23.5 Å². The number of nitrogens with one attached hydrogen (secondary N) is 1. The number of benzene rings is 1. The van der Waals surface area contributed by atoms with Crippen LogP contribution in [0.2, 0.25) is 10.0 Å². The van der Waals surface area contributed by atoms with Crippen LogP contribution in [0.3, 0.4) is 0 Å². The monoisotopic (exact) mass is 257 g/mol. The molecule has 0 spiro atoms. The van der Waals surface area contributed by atoms with Crippen molar-refractivity contribution < 1.29 is 4.79 Å². The van der Waals surface area contributed by atoms with Gasteiger partial charge in [-0.2, -0.15) is 0 Å². The molecule has 0 aliphatic carbocycles. The molecular weight excluding hydrogens is 245 g/mol. The molecule has 0 aliphatic rings. The molecule has 0 radical (unpaired) electrons. The normalized spacial score (nSPS) is 10.7. The average Bonchev–Trinajstić information content (AvgIpc) is 2.15. The molecule has 0 atom stereocenters. The first-order valence-electron chi connectivity index (χ1n) is 4.95. The Morgan fingerprint density at radius 3 is 2.50 bits per heavy atom. The molecule has 0 saturated carbocycles. The Balaban J connectivity index is 2.46. The first-order valence-corrected chi connectivity index (χ1v) is 5.70. The van der Waals surface area contributed by atoms with Crippen molar-refractivity contribution >= 4 is 35.2 Å². The second-order valence-corrected chi connectivity index (χ2v) is 4.25. The zero-order chi connectivity index (χ0) is 12.0. The lowest BCUT2D eigenvalue weighted by atomic mass is 10.2. The highest BCUT2D eigenvalue weighted by Crippen LogP contribution is 2.19. The van der Waals surface area contributed by atoms with Crippen LogP contribution in [0, 0.1) is 0 Å². The fourth-order valence-electron chi connectivity index (χ4n) is 1.22. The smallest absolute Gasteiger partial charge is 0.216 e. The minimum absolute atomic E-state index is 0.0146. The second kappa shape index (κ2) is 6.56. The molecule has 1 N–H and O–H groups in total. The maximum Gasteiger partial charge on any atom is 0.216 e. The third-order valence-electron chi connectivity index (χ3n) is 1.88. The van der Waals surface area contributed by atoms with E-state index in [-0.39, 0.29) is 5.91 Å². The summed E-state index contributed by atoms with van der Waals surface area (Å²) in [5, 5.41) is 3.95. The van der Waals surface area contributed by atoms with Crippen molar-refractivity contribution in [3.05, 3.63) is 39.9 Å². The van der Waals surface area contributed by atoms with Crippen molar-refractivity contribution in [3.63, 3.8) is 0 Å². The summed E-state index contributed by atoms with van der Waals surface area (Å²) in [7, 11) is 0. The number of carbonyl (C=O) groups excluding carboxylic acids is 1. The van der Waals surface area contributed by atoms with Gasteiger partial charge in [-0.3, -0.25) is 4.79 Å². The highest BCUT2D eigenvalue weighted by Gasteiger charge is 1.94. The van der Waals surface area contributed by atoms with E-state index in [2.05, 4.69) is 5.32 Å². The number of halogens is 2. The van der Waals surface area contributed by atoms with Crippen LogP contribution in [0.4, 0.5) is 0 Å². The van der Waals surface area contributed by atoms with Crippen LogP contribution in [-0.2, 0) is 4.79 Å². The van der Waals surface area contributed by atoms with Gasteiger partial charge in [-0.1, -0.05) is 35.4 Å². The average molecular weight is 258 g/mol. The molecule has 0 bridgehead atoms. The van der Waals surface area contributed by atoms with Crippen molar-refractivity contribution in [1.29, 1.82) is 0 Å². The predicted octanol–water partition coefficient (Wildman–Crippen LogP) is 3.53. The van der Waals surface area contributed by atoms with Crippen LogP contribution < -0.4 is 5.32 Å². The summed E-state index contributed by atoms with van der Waals surface area (Å²) in [5.41, 5.74) is 0.959. The Bertz CT molecular complexity index is 382. The summed E-state index contributed by atoms with van der Waals surface area (Å²) in [6.45, 7) is 2.14. The molecule has 1 rings (SSSR count). The highest BCUT2D eigenvalue weighted by molar-refractivity contribution is 6.34. The van der Waals surface area contributed by atoms with Gasteiger partial charge >= 0.3 is 0 Å². The standard InChI is InChI=1S/C12H13Cl2NO/c1-9(16)15-5-3-2-4-10-6-11(13)8-12(14)7-10/h2,4,6-8H,3,5H2,1H3,(H,15,16). The van der Waals surface area contributed by atoms with Gasteiger partial charge in [0.25, 0.3) is 0 Å². The van der Waals surface area contributed by atoms with Crippen LogP contribution in [0.5, 0.6) is 0 Å². The Morgan fingerprint density at radius 2 is 1.94 bits per heavy atom. The summed E-state index contributed by atoms with van der Waals surface area (Å²) in [6, 6.07) is 5.36. The second-order valence-electron chi connectivity index (χ2n) is 3.38. The summed E-state index contributed by atoms with van der Waals surface area (Å²) < 4.78 is 0. The minimum atomic E-state index is -0.0146. The summed E-state index contributed by atoms with van der Waals surface area (Å²) >= 11 is 11.7. The SMILES string of the molecule is CC(=O)NCCC=Cc1cc(Cl)cc(Cl)c1. The third-order valence-corrected chi connectivity index (χ3v) is 2.32. The molecule has 4 heteroatoms. The predicted molar refractivity (Wildman–Crippen MR) is 68.8 cm³/mol. The molecule has 1 amide bonds. The quantitative estimate of drug-likeness (QED) is 0.822. The largest absolute Gasteiger partial charge is 0.356 e. The van der Waals surface area contributed by atoms with Gasteiger partial charge in [-0.25, -0.2) is 0 Å². The van der Waals surface area contributed by atoms with Crippen LogP contribution in [0.1, 0.15) is 18.9 Å². The highest BCUT2D eigenvalue weighted by atomic mass is 35.5. The van der Waals surface area contributed by atoms with Crippen LogP contribution in [-0.4, -0.2) is 12.5 Å². The van der Waals surface area contributed by atoms with Gasteiger partial charge in [0.05, 0.1) is 0 Å². The minimum Gasteiger partial charge on any atom is -0.356 e. The Kier molecular flexibility index (Phi) is 5.36. The maximum absolute atomic E-state index is 10.6. The molecule has 0 saturated heterocycles. The molecule has 1 aromatic rings. The van der Waals surface area contributed by atoms with Crippen molar-refractivity contribution in [2.45, 2.75) is 13.3 Å². The first-order chi connectivity index (χ1) is 7.58. The lowest BCUT2D eigenvalue weighted by Gasteiger charge is -1.98. The number of rotatable bonds is 4. The van der Waals surface area contributed by atoms with Gasteiger partial charge in [0.2, 0.25) is 5.91 Å². The van der Waals surface area contributed by atoms with Crippen LogP contribution >= 0.6 is 23.2 Å². The van der Waals surface area contributed by atoms with E-state index >= 15 is 0 Å². The first kappa shape index (κ1) is 13.1. The van der Waals surface area contributed by atoms with E-state index < -0.39 is 0 Å². The molecule has 0 aromatic heterocycles. The topological polar surface area (TPSA) is 29.1 Å². The molecule has 2 nitrogen and oxygen atoms in total. The zero-order valence-electron chi connectivity index (χ0n) is 8.97. The number of carbonyl (C=O) groups is 1. The Hall–Kier alpha value is -0.990. The lowest BCUT2D eigenvalue weighted by molar-refractivity contribution is -0.118. The van der Waals surface area contributed by atoms with E-state index in [0.717, 1.165) is 12.0 Å².